The lowest BCUT2D eigenvalue weighted by Gasteiger charge is -2.19. The zero-order valence-electron chi connectivity index (χ0n) is 21.3. The summed E-state index contributed by atoms with van der Waals surface area (Å²) in [6.45, 7) is 11.1. The summed E-state index contributed by atoms with van der Waals surface area (Å²) in [5.74, 6) is -0.748. The number of unbranched alkanes of at least 4 members (excludes halogenated alkanes) is 1. The molecule has 1 aliphatic heterocycles. The molecule has 4 rings (SSSR count). The molecule has 0 bridgehead atoms. The first-order valence-electron chi connectivity index (χ1n) is 12.1. The molecule has 0 aliphatic carbocycles. The van der Waals surface area contributed by atoms with Crippen LogP contribution in [0.4, 0.5) is 9.52 Å². The molecule has 0 unspecified atom stereocenters. The van der Waals surface area contributed by atoms with Gasteiger partial charge in [-0.05, 0) is 69.5 Å². The van der Waals surface area contributed by atoms with Crippen LogP contribution in [0.5, 0.6) is 5.75 Å². The quantitative estimate of drug-likeness (QED) is 0.353. The fraction of sp³-hybridized carbons (Fsp3) is 0.444. The first-order chi connectivity index (χ1) is 17.2. The fourth-order valence-electron chi connectivity index (χ4n) is 4.14. The van der Waals surface area contributed by atoms with Crippen molar-refractivity contribution >= 4 is 22.4 Å². The Morgan fingerprint density at radius 3 is 2.58 bits per heavy atom. The maximum atomic E-state index is 14.3. The highest BCUT2D eigenvalue weighted by Crippen LogP contribution is 2.35. The van der Waals surface area contributed by atoms with Gasteiger partial charge in [-0.2, -0.15) is 0 Å². The Bertz CT molecular complexity index is 1210. The summed E-state index contributed by atoms with van der Waals surface area (Å²) >= 11 is 1.31. The van der Waals surface area contributed by atoms with E-state index in [0.717, 1.165) is 35.3 Å². The number of benzene rings is 2. The topological polar surface area (TPSA) is 73.8 Å². The van der Waals surface area contributed by atoms with Crippen LogP contribution in [-0.2, 0) is 9.47 Å². The first kappa shape index (κ1) is 26.2. The Kier molecular flexibility index (Phi) is 8.02. The number of hydrogen-bond donors (Lipinski definition) is 0. The maximum absolute atomic E-state index is 14.3. The van der Waals surface area contributed by atoms with E-state index in [1.807, 2.05) is 46.8 Å². The lowest BCUT2D eigenvalue weighted by Crippen LogP contribution is -2.32. The molecule has 2 heterocycles. The second-order valence-electron chi connectivity index (χ2n) is 9.38. The molecule has 3 aromatic rings. The number of aromatic nitrogens is 2. The number of anilines is 1. The fourth-order valence-corrected chi connectivity index (χ4v) is 5.00. The third-order valence-corrected chi connectivity index (χ3v) is 6.91. The van der Waals surface area contributed by atoms with Crippen molar-refractivity contribution in [3.05, 3.63) is 58.9 Å². The van der Waals surface area contributed by atoms with Crippen molar-refractivity contribution in [2.24, 2.45) is 0 Å². The van der Waals surface area contributed by atoms with E-state index >= 15 is 0 Å². The number of halogens is 1. The van der Waals surface area contributed by atoms with E-state index in [0.29, 0.717) is 29.9 Å². The normalized spacial score (nSPS) is 16.8. The third kappa shape index (κ3) is 5.91. The Morgan fingerprint density at radius 2 is 1.94 bits per heavy atom. The number of hydrogen-bond acceptors (Lipinski definition) is 7. The van der Waals surface area contributed by atoms with Crippen LogP contribution >= 0.6 is 11.3 Å². The van der Waals surface area contributed by atoms with E-state index in [2.05, 4.69) is 10.2 Å². The molecule has 36 heavy (non-hydrogen) atoms. The molecule has 1 saturated heterocycles. The predicted octanol–water partition coefficient (Wildman–Crippen LogP) is 5.94. The Labute approximate surface area is 215 Å². The van der Waals surface area contributed by atoms with Gasteiger partial charge in [0.1, 0.15) is 29.3 Å². The van der Waals surface area contributed by atoms with Crippen molar-refractivity contribution in [3.63, 3.8) is 0 Å². The maximum Gasteiger partial charge on any atom is 0.263 e. The average molecular weight is 514 g/mol. The Hall–Kier alpha value is -2.88. The van der Waals surface area contributed by atoms with Crippen LogP contribution in [0, 0.1) is 19.7 Å². The number of nitrogens with zero attached hydrogens (tertiary/aromatic N) is 3. The highest BCUT2D eigenvalue weighted by molar-refractivity contribution is 7.18. The summed E-state index contributed by atoms with van der Waals surface area (Å²) in [4.78, 5) is 14.7. The number of amides is 1. The number of ether oxygens (including phenoxy) is 3. The molecule has 1 aromatic heterocycles. The van der Waals surface area contributed by atoms with Crippen LogP contribution in [0.2, 0.25) is 0 Å². The number of aryl methyl sites for hydroxylation is 2. The summed E-state index contributed by atoms with van der Waals surface area (Å²) in [7, 11) is 0. The molecule has 1 amide bonds. The molecule has 0 radical (unpaired) electrons. The molecule has 192 valence electrons. The third-order valence-electron chi connectivity index (χ3n) is 5.92. The summed E-state index contributed by atoms with van der Waals surface area (Å²) in [5.41, 5.74) is 2.84. The van der Waals surface area contributed by atoms with Crippen molar-refractivity contribution in [2.75, 3.05) is 24.7 Å². The predicted molar refractivity (Wildman–Crippen MR) is 138 cm³/mol. The Balaban J connectivity index is 1.54. The SMILES string of the molecule is CCCCN(C(=O)c1ccccc1F)c1nnc(-c2cc(C)c(OC[C@@H]3COC(C)(C)O3)c(C)c2)s1. The molecular weight excluding hydrogens is 481 g/mol. The van der Waals surface area contributed by atoms with Crippen LogP contribution in [0.1, 0.15) is 55.1 Å². The van der Waals surface area contributed by atoms with Gasteiger partial charge in [0.15, 0.2) is 5.79 Å². The Morgan fingerprint density at radius 1 is 1.22 bits per heavy atom. The van der Waals surface area contributed by atoms with Crippen LogP contribution in [0.25, 0.3) is 10.6 Å². The number of carbonyl (C=O) groups is 1. The van der Waals surface area contributed by atoms with Crippen molar-refractivity contribution < 1.29 is 23.4 Å². The largest absolute Gasteiger partial charge is 0.490 e. The summed E-state index contributed by atoms with van der Waals surface area (Å²) in [6.07, 6.45) is 1.54. The average Bonchev–Trinajstić information content (AvgIpc) is 3.45. The molecule has 0 saturated carbocycles. The van der Waals surface area contributed by atoms with Crippen molar-refractivity contribution in [2.45, 2.75) is 59.4 Å². The van der Waals surface area contributed by atoms with E-state index < -0.39 is 17.5 Å². The summed E-state index contributed by atoms with van der Waals surface area (Å²) < 4.78 is 31.9. The molecule has 0 N–H and O–H groups in total. The van der Waals surface area contributed by atoms with E-state index in [9.17, 15) is 9.18 Å². The molecule has 1 fully saturated rings. The van der Waals surface area contributed by atoms with Gasteiger partial charge in [0.2, 0.25) is 5.13 Å². The standard InChI is InChI=1S/C27H32FN3O4S/c1-6-7-12-31(25(32)21-10-8-9-11-22(21)28)26-30-29-24(36-26)19-13-17(2)23(18(3)14-19)33-15-20-16-34-27(4,5)35-20/h8-11,13-14,20H,6-7,12,15-16H2,1-5H3/t20-/m1/s1. The first-order valence-corrected chi connectivity index (χ1v) is 13.0. The number of rotatable bonds is 9. The minimum absolute atomic E-state index is 0.0265. The minimum Gasteiger partial charge on any atom is -0.490 e. The smallest absolute Gasteiger partial charge is 0.263 e. The van der Waals surface area contributed by atoms with Gasteiger partial charge in [-0.15, -0.1) is 10.2 Å². The van der Waals surface area contributed by atoms with Gasteiger partial charge >= 0.3 is 0 Å². The van der Waals surface area contributed by atoms with Gasteiger partial charge in [0, 0.05) is 12.1 Å². The van der Waals surface area contributed by atoms with Crippen molar-refractivity contribution in [1.82, 2.24) is 10.2 Å². The second-order valence-corrected chi connectivity index (χ2v) is 10.3. The van der Waals surface area contributed by atoms with Crippen LogP contribution in [-0.4, -0.2) is 47.8 Å². The van der Waals surface area contributed by atoms with Gasteiger partial charge in [-0.1, -0.05) is 36.8 Å². The van der Waals surface area contributed by atoms with Crippen LogP contribution < -0.4 is 9.64 Å². The second kappa shape index (κ2) is 11.0. The minimum atomic E-state index is -0.587. The molecule has 0 spiro atoms. The van der Waals surface area contributed by atoms with Gasteiger partial charge in [-0.3, -0.25) is 9.69 Å². The van der Waals surface area contributed by atoms with E-state index in [1.165, 1.54) is 28.4 Å². The lowest BCUT2D eigenvalue weighted by molar-refractivity contribution is -0.141. The molecule has 2 aromatic carbocycles. The zero-order chi connectivity index (χ0) is 25.9. The van der Waals surface area contributed by atoms with Gasteiger partial charge in [0.25, 0.3) is 5.91 Å². The lowest BCUT2D eigenvalue weighted by atomic mass is 10.1. The van der Waals surface area contributed by atoms with E-state index in [1.54, 1.807) is 12.1 Å². The molecule has 9 heteroatoms. The van der Waals surface area contributed by atoms with Gasteiger partial charge < -0.3 is 14.2 Å². The van der Waals surface area contributed by atoms with Gasteiger partial charge in [0.05, 0.1) is 12.2 Å². The van der Waals surface area contributed by atoms with E-state index in [4.69, 9.17) is 14.2 Å². The number of carbonyl (C=O) groups excluding carboxylic acids is 1. The van der Waals surface area contributed by atoms with Crippen molar-refractivity contribution in [1.29, 1.82) is 0 Å². The highest BCUT2D eigenvalue weighted by atomic mass is 32.1. The summed E-state index contributed by atoms with van der Waals surface area (Å²) in [6, 6.07) is 10.0. The molecule has 1 atom stereocenters. The van der Waals surface area contributed by atoms with Crippen LogP contribution in [0.15, 0.2) is 36.4 Å². The van der Waals surface area contributed by atoms with Crippen LogP contribution in [0.3, 0.4) is 0 Å². The van der Waals surface area contributed by atoms with Crippen molar-refractivity contribution in [3.8, 4) is 16.3 Å². The highest BCUT2D eigenvalue weighted by Gasteiger charge is 2.33. The van der Waals surface area contributed by atoms with Gasteiger partial charge in [-0.25, -0.2) is 4.39 Å². The summed E-state index contributed by atoms with van der Waals surface area (Å²) in [5, 5.41) is 9.78. The molecular formula is C27H32FN3O4S. The monoisotopic (exact) mass is 513 g/mol. The van der Waals surface area contributed by atoms with E-state index in [-0.39, 0.29) is 11.7 Å². The molecule has 1 aliphatic rings. The zero-order valence-corrected chi connectivity index (χ0v) is 22.2. The molecule has 7 nitrogen and oxygen atoms in total.